The Morgan fingerprint density at radius 1 is 1.20 bits per heavy atom. The Kier molecular flexibility index (Phi) is 9.63. The van der Waals surface area contributed by atoms with Gasteiger partial charge in [-0.1, -0.05) is 12.1 Å². The number of hydrogen-bond donors (Lipinski definition) is 1. The summed E-state index contributed by atoms with van der Waals surface area (Å²) in [6.07, 6.45) is 1.38. The van der Waals surface area contributed by atoms with Crippen LogP contribution < -0.4 is 39.6 Å². The zero-order valence-corrected chi connectivity index (χ0v) is 17.6. The summed E-state index contributed by atoms with van der Waals surface area (Å²) in [5.74, 6) is -1.07. The molecule has 2 rings (SSSR count). The smallest absolute Gasteiger partial charge is 0.545 e. The molecule has 0 spiro atoms. The first kappa shape index (κ1) is 25.3. The molecule has 1 amide bonds. The number of nitrogens with zero attached hydrogens (tertiary/aromatic N) is 2. The Balaban J connectivity index is 0.00000450. The molecule has 1 N–H and O–H groups in total. The summed E-state index contributed by atoms with van der Waals surface area (Å²) in [7, 11) is 0. The molecule has 1 aromatic carbocycles. The molecule has 2 aromatic rings. The third-order valence-electron chi connectivity index (χ3n) is 3.69. The molecule has 9 nitrogen and oxygen atoms in total. The number of aromatic nitrogens is 2. The number of carboxylic acid groups (broad SMARTS) is 1. The topological polar surface area (TPSA) is 123 Å². The molecule has 1 aromatic heterocycles. The van der Waals surface area contributed by atoms with Gasteiger partial charge >= 0.3 is 25.0 Å². The molecule has 0 aliphatic heterocycles. The van der Waals surface area contributed by atoms with Gasteiger partial charge in [0.1, 0.15) is 11.4 Å². The van der Waals surface area contributed by atoms with E-state index < -0.39 is 17.7 Å². The molecule has 1 heterocycles. The Bertz CT molecular complexity index is 923. The van der Waals surface area contributed by atoms with Crippen LogP contribution >= 0.6 is 0 Å². The SMILES string of the molecule is CC(C)(C)OC(=O)NCCCOc1cccc(C(=O)[O-])c1Cn1ncccc1=O.[Li+]. The van der Waals surface area contributed by atoms with Gasteiger partial charge in [0.15, 0.2) is 0 Å². The van der Waals surface area contributed by atoms with Crippen LogP contribution in [0.5, 0.6) is 5.75 Å². The zero-order chi connectivity index (χ0) is 21.4. The number of alkyl carbamates (subject to hydrolysis) is 1. The van der Waals surface area contributed by atoms with Crippen molar-refractivity contribution in [3.05, 3.63) is 58.0 Å². The van der Waals surface area contributed by atoms with E-state index in [0.717, 1.165) is 4.68 Å². The number of amides is 1. The number of aromatic carboxylic acids is 1. The van der Waals surface area contributed by atoms with E-state index in [4.69, 9.17) is 9.47 Å². The quantitative estimate of drug-likeness (QED) is 0.393. The molecule has 0 bridgehead atoms. The van der Waals surface area contributed by atoms with E-state index >= 15 is 0 Å². The standard InChI is InChI=1S/C20H25N3O6.Li/c1-20(2,3)29-19(27)21-10-6-12-28-16-8-4-7-14(18(25)26)15(16)13-23-17(24)9-5-11-22-23;/h4-5,7-9,11H,6,10,12-13H2,1-3H3,(H,21,27)(H,25,26);/q;+1/p-1. The van der Waals surface area contributed by atoms with Gasteiger partial charge in [0, 0.05) is 29.9 Å². The fraction of sp³-hybridized carbons (Fsp3) is 0.400. The fourth-order valence-electron chi connectivity index (χ4n) is 2.47. The van der Waals surface area contributed by atoms with Gasteiger partial charge in [0.05, 0.1) is 19.1 Å². The molecule has 0 unspecified atom stereocenters. The number of hydrogen-bond acceptors (Lipinski definition) is 7. The molecular formula is C20H24LiN3O6. The molecule has 0 saturated carbocycles. The van der Waals surface area contributed by atoms with Gasteiger partial charge < -0.3 is 24.7 Å². The van der Waals surface area contributed by atoms with Crippen molar-refractivity contribution < 1.29 is 43.0 Å². The van der Waals surface area contributed by atoms with E-state index in [0.29, 0.717) is 18.7 Å². The van der Waals surface area contributed by atoms with E-state index in [-0.39, 0.29) is 48.7 Å². The maximum absolute atomic E-state index is 11.9. The number of nitrogens with one attached hydrogen (secondary N) is 1. The largest absolute Gasteiger partial charge is 1.00 e. The monoisotopic (exact) mass is 409 g/mol. The van der Waals surface area contributed by atoms with E-state index in [9.17, 15) is 19.5 Å². The van der Waals surface area contributed by atoms with Gasteiger partial charge in [-0.25, -0.2) is 9.48 Å². The van der Waals surface area contributed by atoms with Crippen LogP contribution in [0.2, 0.25) is 0 Å². The van der Waals surface area contributed by atoms with Crippen molar-refractivity contribution >= 4 is 12.1 Å². The molecule has 0 radical (unpaired) electrons. The average Bonchev–Trinajstić information content (AvgIpc) is 2.62. The summed E-state index contributed by atoms with van der Waals surface area (Å²) in [6.45, 7) is 5.78. The summed E-state index contributed by atoms with van der Waals surface area (Å²) >= 11 is 0. The van der Waals surface area contributed by atoms with Crippen LogP contribution in [0.15, 0.2) is 41.3 Å². The average molecular weight is 409 g/mol. The molecule has 0 atom stereocenters. The molecule has 0 fully saturated rings. The molecule has 0 saturated heterocycles. The summed E-state index contributed by atoms with van der Waals surface area (Å²) in [4.78, 5) is 35.0. The number of carbonyl (C=O) groups is 2. The predicted octanol–water partition coefficient (Wildman–Crippen LogP) is -2.05. The van der Waals surface area contributed by atoms with E-state index in [1.165, 1.54) is 30.5 Å². The van der Waals surface area contributed by atoms with Gasteiger partial charge in [-0.3, -0.25) is 4.79 Å². The molecule has 30 heavy (non-hydrogen) atoms. The maximum Gasteiger partial charge on any atom is 1.00 e. The molecule has 0 aliphatic carbocycles. The van der Waals surface area contributed by atoms with Crippen molar-refractivity contribution in [2.24, 2.45) is 0 Å². The summed E-state index contributed by atoms with van der Waals surface area (Å²) in [6, 6.07) is 7.35. The Hall–Kier alpha value is -2.76. The second kappa shape index (κ2) is 11.4. The Labute approximate surface area is 186 Å². The van der Waals surface area contributed by atoms with Crippen LogP contribution in [0.4, 0.5) is 4.79 Å². The third-order valence-corrected chi connectivity index (χ3v) is 3.69. The summed E-state index contributed by atoms with van der Waals surface area (Å²) < 4.78 is 12.0. The Morgan fingerprint density at radius 2 is 1.93 bits per heavy atom. The van der Waals surface area contributed by atoms with Gasteiger partial charge in [0.2, 0.25) is 0 Å². The van der Waals surface area contributed by atoms with E-state index in [2.05, 4.69) is 10.4 Å². The first-order valence-corrected chi connectivity index (χ1v) is 9.12. The van der Waals surface area contributed by atoms with Crippen LogP contribution in [0.1, 0.15) is 43.1 Å². The van der Waals surface area contributed by atoms with Gasteiger partial charge in [-0.15, -0.1) is 0 Å². The number of ether oxygens (including phenoxy) is 2. The molecule has 156 valence electrons. The maximum atomic E-state index is 11.9. The minimum Gasteiger partial charge on any atom is -0.545 e. The van der Waals surface area contributed by atoms with Crippen LogP contribution in [0, 0.1) is 0 Å². The van der Waals surface area contributed by atoms with Crippen molar-refractivity contribution in [2.45, 2.75) is 39.3 Å². The van der Waals surface area contributed by atoms with Crippen molar-refractivity contribution in [3.63, 3.8) is 0 Å². The minimum atomic E-state index is -1.37. The summed E-state index contributed by atoms with van der Waals surface area (Å²) in [5.41, 5.74) is -0.738. The van der Waals surface area contributed by atoms with Crippen molar-refractivity contribution in [2.75, 3.05) is 13.2 Å². The summed E-state index contributed by atoms with van der Waals surface area (Å²) in [5, 5.41) is 18.0. The van der Waals surface area contributed by atoms with Crippen LogP contribution in [0.25, 0.3) is 0 Å². The Morgan fingerprint density at radius 3 is 2.57 bits per heavy atom. The van der Waals surface area contributed by atoms with Gasteiger partial charge in [-0.05, 0) is 39.3 Å². The second-order valence-electron chi connectivity index (χ2n) is 7.22. The van der Waals surface area contributed by atoms with E-state index in [1.807, 2.05) is 0 Å². The minimum absolute atomic E-state index is 0. The first-order chi connectivity index (χ1) is 13.7. The van der Waals surface area contributed by atoms with Crippen molar-refractivity contribution in [3.8, 4) is 5.75 Å². The number of carboxylic acids is 1. The first-order valence-electron chi connectivity index (χ1n) is 9.12. The van der Waals surface area contributed by atoms with Crippen LogP contribution in [0.3, 0.4) is 0 Å². The van der Waals surface area contributed by atoms with E-state index in [1.54, 1.807) is 26.8 Å². The zero-order valence-electron chi connectivity index (χ0n) is 17.6. The third kappa shape index (κ3) is 7.93. The second-order valence-corrected chi connectivity index (χ2v) is 7.22. The molecule has 0 aliphatic rings. The van der Waals surface area contributed by atoms with Crippen LogP contribution in [-0.2, 0) is 11.3 Å². The number of carbonyl (C=O) groups excluding carboxylic acids is 2. The van der Waals surface area contributed by atoms with Crippen molar-refractivity contribution in [1.82, 2.24) is 15.1 Å². The van der Waals surface area contributed by atoms with Gasteiger partial charge in [-0.2, -0.15) is 5.10 Å². The van der Waals surface area contributed by atoms with Crippen LogP contribution in [-0.4, -0.2) is 40.6 Å². The molecular weight excluding hydrogens is 385 g/mol. The number of benzene rings is 1. The predicted molar refractivity (Wildman–Crippen MR) is 103 cm³/mol. The fourth-order valence-corrected chi connectivity index (χ4v) is 2.47. The van der Waals surface area contributed by atoms with Gasteiger partial charge in [0.25, 0.3) is 5.56 Å². The molecule has 10 heteroatoms. The number of rotatable bonds is 8. The van der Waals surface area contributed by atoms with Crippen molar-refractivity contribution in [1.29, 1.82) is 0 Å². The normalized spacial score (nSPS) is 10.6.